The van der Waals surface area contributed by atoms with E-state index in [4.69, 9.17) is 14.2 Å². The van der Waals surface area contributed by atoms with Gasteiger partial charge in [-0.15, -0.1) is 0 Å². The van der Waals surface area contributed by atoms with Crippen molar-refractivity contribution in [1.29, 1.82) is 0 Å². The summed E-state index contributed by atoms with van der Waals surface area (Å²) in [6, 6.07) is 7.71. The lowest BCUT2D eigenvalue weighted by atomic mass is 9.95. The smallest absolute Gasteiger partial charge is 0.295 e. The number of likely N-dealkylation sites (tertiary alicyclic amines) is 1. The van der Waals surface area contributed by atoms with Crippen LogP contribution >= 0.6 is 0 Å². The second-order valence-corrected chi connectivity index (χ2v) is 8.15. The number of carbonyl (C=O) groups excluding carboxylic acids is 2. The number of hydrogen-bond acceptors (Lipinski definition) is 8. The summed E-state index contributed by atoms with van der Waals surface area (Å²) in [5.41, 5.74) is 1.13. The summed E-state index contributed by atoms with van der Waals surface area (Å²) in [4.78, 5) is 34.1. The third-order valence-corrected chi connectivity index (χ3v) is 6.19. The molecule has 2 saturated heterocycles. The van der Waals surface area contributed by atoms with E-state index in [0.29, 0.717) is 48.8 Å². The van der Waals surface area contributed by atoms with E-state index in [-0.39, 0.29) is 11.3 Å². The van der Waals surface area contributed by atoms with Gasteiger partial charge in [-0.25, -0.2) is 0 Å². The molecule has 1 unspecified atom stereocenters. The molecule has 34 heavy (non-hydrogen) atoms. The normalized spacial score (nSPS) is 20.5. The number of amides is 1. The lowest BCUT2D eigenvalue weighted by Gasteiger charge is -2.29. The SMILES string of the molecule is COc1ccc(C2C(=C(O)c3ccncc3)C(=O)C(=O)N2CCCN2CCOCC2)cc1OC. The standard InChI is InChI=1S/C25H29N3O6/c1-32-19-5-4-18(16-20(19)33-2)22-21(23(29)17-6-8-26-9-7-17)24(30)25(31)28(22)11-3-10-27-12-14-34-15-13-27/h4-9,16,22,29H,3,10-15H2,1-2H3. The van der Waals surface area contributed by atoms with Gasteiger partial charge in [0.15, 0.2) is 11.5 Å². The summed E-state index contributed by atoms with van der Waals surface area (Å²) in [7, 11) is 3.07. The Balaban J connectivity index is 1.70. The fourth-order valence-electron chi connectivity index (χ4n) is 4.43. The Morgan fingerprint density at radius 2 is 1.76 bits per heavy atom. The van der Waals surface area contributed by atoms with Gasteiger partial charge >= 0.3 is 0 Å². The average molecular weight is 468 g/mol. The topological polar surface area (TPSA) is 101 Å². The molecule has 1 N–H and O–H groups in total. The fourth-order valence-corrected chi connectivity index (χ4v) is 4.43. The summed E-state index contributed by atoms with van der Waals surface area (Å²) in [5.74, 6) is -0.554. The van der Waals surface area contributed by atoms with E-state index in [1.54, 1.807) is 37.4 Å². The van der Waals surface area contributed by atoms with Crippen molar-refractivity contribution in [2.45, 2.75) is 12.5 Å². The van der Waals surface area contributed by atoms with Gasteiger partial charge in [-0.2, -0.15) is 0 Å². The molecule has 2 aliphatic rings. The number of hydrogen-bond donors (Lipinski definition) is 1. The van der Waals surface area contributed by atoms with E-state index < -0.39 is 17.7 Å². The first-order chi connectivity index (χ1) is 16.5. The zero-order valence-electron chi connectivity index (χ0n) is 19.4. The molecule has 1 atom stereocenters. The summed E-state index contributed by atoms with van der Waals surface area (Å²) >= 11 is 0. The molecule has 9 heteroatoms. The van der Waals surface area contributed by atoms with Gasteiger partial charge in [0, 0.05) is 44.1 Å². The van der Waals surface area contributed by atoms with Crippen molar-refractivity contribution in [3.63, 3.8) is 0 Å². The van der Waals surface area contributed by atoms with Gasteiger partial charge in [-0.3, -0.25) is 19.5 Å². The molecule has 0 radical (unpaired) electrons. The molecule has 0 bridgehead atoms. The number of methoxy groups -OCH3 is 2. The number of aliphatic hydroxyl groups is 1. The van der Waals surface area contributed by atoms with Crippen LogP contribution in [-0.4, -0.2) is 85.2 Å². The molecule has 180 valence electrons. The second-order valence-electron chi connectivity index (χ2n) is 8.15. The summed E-state index contributed by atoms with van der Waals surface area (Å²) in [5, 5.41) is 11.1. The highest BCUT2D eigenvalue weighted by Crippen LogP contribution is 2.41. The minimum absolute atomic E-state index is 0.0507. The summed E-state index contributed by atoms with van der Waals surface area (Å²) in [6.45, 7) is 4.24. The number of carbonyl (C=O) groups is 2. The maximum Gasteiger partial charge on any atom is 0.295 e. The van der Waals surface area contributed by atoms with Crippen LogP contribution in [0.4, 0.5) is 0 Å². The molecule has 9 nitrogen and oxygen atoms in total. The van der Waals surface area contributed by atoms with Crippen LogP contribution in [0.5, 0.6) is 11.5 Å². The van der Waals surface area contributed by atoms with Gasteiger partial charge in [-0.05, 0) is 36.2 Å². The van der Waals surface area contributed by atoms with Crippen molar-refractivity contribution >= 4 is 17.4 Å². The fraction of sp³-hybridized carbons (Fsp3) is 0.400. The van der Waals surface area contributed by atoms with E-state index in [2.05, 4.69) is 9.88 Å². The minimum atomic E-state index is -0.752. The van der Waals surface area contributed by atoms with Gasteiger partial charge in [-0.1, -0.05) is 6.07 Å². The van der Waals surface area contributed by atoms with Crippen LogP contribution in [0.25, 0.3) is 5.76 Å². The number of ether oxygens (including phenoxy) is 3. The summed E-state index contributed by atoms with van der Waals surface area (Å²) in [6.07, 6.45) is 3.74. The summed E-state index contributed by atoms with van der Waals surface area (Å²) < 4.78 is 16.2. The average Bonchev–Trinajstić information content (AvgIpc) is 3.14. The first-order valence-electron chi connectivity index (χ1n) is 11.3. The van der Waals surface area contributed by atoms with Crippen LogP contribution in [0.2, 0.25) is 0 Å². The molecule has 0 spiro atoms. The highest BCUT2D eigenvalue weighted by Gasteiger charge is 2.46. The number of pyridine rings is 1. The van der Waals surface area contributed by atoms with E-state index in [1.165, 1.54) is 24.4 Å². The number of benzene rings is 1. The molecule has 1 aromatic carbocycles. The maximum atomic E-state index is 13.1. The Bertz CT molecular complexity index is 1070. The number of rotatable bonds is 8. The molecule has 3 heterocycles. The van der Waals surface area contributed by atoms with Crippen LogP contribution in [-0.2, 0) is 14.3 Å². The van der Waals surface area contributed by atoms with Crippen LogP contribution in [0.15, 0.2) is 48.3 Å². The number of nitrogens with zero attached hydrogens (tertiary/aromatic N) is 3. The number of morpholine rings is 1. The zero-order chi connectivity index (χ0) is 24.1. The first-order valence-corrected chi connectivity index (χ1v) is 11.3. The lowest BCUT2D eigenvalue weighted by molar-refractivity contribution is -0.140. The van der Waals surface area contributed by atoms with Crippen molar-refractivity contribution in [1.82, 2.24) is 14.8 Å². The van der Waals surface area contributed by atoms with E-state index in [9.17, 15) is 14.7 Å². The van der Waals surface area contributed by atoms with Gasteiger partial charge in [0.25, 0.3) is 11.7 Å². The van der Waals surface area contributed by atoms with Crippen LogP contribution < -0.4 is 9.47 Å². The van der Waals surface area contributed by atoms with Crippen LogP contribution in [0, 0.1) is 0 Å². The second kappa shape index (κ2) is 10.7. The van der Waals surface area contributed by atoms with Crippen LogP contribution in [0.3, 0.4) is 0 Å². The minimum Gasteiger partial charge on any atom is -0.507 e. The van der Waals surface area contributed by atoms with Crippen molar-refractivity contribution in [2.24, 2.45) is 0 Å². The van der Waals surface area contributed by atoms with Gasteiger partial charge in [0.2, 0.25) is 0 Å². The van der Waals surface area contributed by atoms with E-state index in [0.717, 1.165) is 19.6 Å². The molecular weight excluding hydrogens is 438 g/mol. The quantitative estimate of drug-likeness (QED) is 0.358. The predicted octanol–water partition coefficient (Wildman–Crippen LogP) is 2.24. The number of ketones is 1. The highest BCUT2D eigenvalue weighted by molar-refractivity contribution is 6.46. The largest absolute Gasteiger partial charge is 0.507 e. The Morgan fingerprint density at radius 3 is 2.44 bits per heavy atom. The van der Waals surface area contributed by atoms with Crippen molar-refractivity contribution in [3.05, 3.63) is 59.4 Å². The third-order valence-electron chi connectivity index (χ3n) is 6.19. The molecule has 1 amide bonds. The van der Waals surface area contributed by atoms with Gasteiger partial charge < -0.3 is 24.2 Å². The zero-order valence-corrected chi connectivity index (χ0v) is 19.4. The van der Waals surface area contributed by atoms with Crippen molar-refractivity contribution < 1.29 is 28.9 Å². The molecule has 0 saturated carbocycles. The van der Waals surface area contributed by atoms with E-state index in [1.807, 2.05) is 0 Å². The number of Topliss-reactive ketones (excluding diaryl/α,β-unsaturated/α-hetero) is 1. The molecule has 2 fully saturated rings. The van der Waals surface area contributed by atoms with E-state index >= 15 is 0 Å². The monoisotopic (exact) mass is 467 g/mol. The number of aromatic nitrogens is 1. The van der Waals surface area contributed by atoms with Gasteiger partial charge in [0.05, 0.1) is 39.0 Å². The maximum absolute atomic E-state index is 13.1. The predicted molar refractivity (Wildman–Crippen MR) is 125 cm³/mol. The Kier molecular flexibility index (Phi) is 7.44. The Morgan fingerprint density at radius 1 is 1.06 bits per heavy atom. The molecule has 1 aromatic heterocycles. The molecule has 2 aliphatic heterocycles. The van der Waals surface area contributed by atoms with Crippen molar-refractivity contribution in [3.8, 4) is 11.5 Å². The van der Waals surface area contributed by atoms with Gasteiger partial charge in [0.1, 0.15) is 5.76 Å². The Hall–Kier alpha value is -3.43. The lowest BCUT2D eigenvalue weighted by Crippen LogP contribution is -2.38. The van der Waals surface area contributed by atoms with Crippen molar-refractivity contribution in [2.75, 3.05) is 53.6 Å². The highest BCUT2D eigenvalue weighted by atomic mass is 16.5. The third kappa shape index (κ3) is 4.76. The first kappa shape index (κ1) is 23.7. The molecule has 4 rings (SSSR count). The number of aliphatic hydroxyl groups excluding tert-OH is 1. The van der Waals surface area contributed by atoms with Crippen LogP contribution in [0.1, 0.15) is 23.6 Å². The molecule has 0 aliphatic carbocycles. The molecule has 2 aromatic rings. The Labute approximate surface area is 198 Å². The molecular formula is C25H29N3O6.